The SMILES string of the molecule is Cc1ccccc1-c1nc2ccc(Oc3ccc4ncsc4c3)cc2c(=O)n1C[C@H]1CCCN(CCO)C1. The van der Waals surface area contributed by atoms with E-state index in [1.165, 1.54) is 0 Å². The van der Waals surface area contributed by atoms with Gasteiger partial charge in [0.1, 0.15) is 17.3 Å². The van der Waals surface area contributed by atoms with E-state index in [9.17, 15) is 9.90 Å². The molecular formula is C30H30N4O3S. The van der Waals surface area contributed by atoms with E-state index in [1.54, 1.807) is 17.4 Å². The third kappa shape index (κ3) is 4.95. The number of aromatic nitrogens is 3. The van der Waals surface area contributed by atoms with Gasteiger partial charge >= 0.3 is 0 Å². The maximum absolute atomic E-state index is 14.1. The van der Waals surface area contributed by atoms with Crippen molar-refractivity contribution in [2.75, 3.05) is 26.2 Å². The normalized spacial score (nSPS) is 16.3. The molecule has 5 aromatic rings. The molecule has 2 aromatic heterocycles. The summed E-state index contributed by atoms with van der Waals surface area (Å²) >= 11 is 1.57. The first kappa shape index (κ1) is 24.7. The van der Waals surface area contributed by atoms with Crippen LogP contribution in [0, 0.1) is 12.8 Å². The van der Waals surface area contributed by atoms with Crippen molar-refractivity contribution in [1.82, 2.24) is 19.4 Å². The summed E-state index contributed by atoms with van der Waals surface area (Å²) in [5.41, 5.74) is 5.40. The highest BCUT2D eigenvalue weighted by Crippen LogP contribution is 2.30. The molecule has 194 valence electrons. The Balaban J connectivity index is 1.41. The number of ether oxygens (including phenoxy) is 1. The second kappa shape index (κ2) is 10.6. The summed E-state index contributed by atoms with van der Waals surface area (Å²) in [5, 5.41) is 9.98. The van der Waals surface area contributed by atoms with E-state index < -0.39 is 0 Å². The zero-order chi connectivity index (χ0) is 26.1. The molecule has 3 aromatic carbocycles. The van der Waals surface area contributed by atoms with E-state index in [1.807, 2.05) is 58.6 Å². The highest BCUT2D eigenvalue weighted by molar-refractivity contribution is 7.16. The van der Waals surface area contributed by atoms with Gasteiger partial charge in [-0.3, -0.25) is 9.36 Å². The second-order valence-electron chi connectivity index (χ2n) is 9.96. The van der Waals surface area contributed by atoms with E-state index in [0.717, 1.165) is 47.3 Å². The summed E-state index contributed by atoms with van der Waals surface area (Å²) in [6.45, 7) is 5.30. The van der Waals surface area contributed by atoms with Crippen molar-refractivity contribution in [1.29, 1.82) is 0 Å². The Bertz CT molecular complexity index is 1660. The highest BCUT2D eigenvalue weighted by Gasteiger charge is 2.23. The molecule has 3 heterocycles. The van der Waals surface area contributed by atoms with Gasteiger partial charge in [-0.2, -0.15) is 0 Å². The quantitative estimate of drug-likeness (QED) is 0.303. The predicted octanol–water partition coefficient (Wildman–Crippen LogP) is 5.48. The van der Waals surface area contributed by atoms with E-state index >= 15 is 0 Å². The van der Waals surface area contributed by atoms with Gasteiger partial charge in [0.05, 0.1) is 33.2 Å². The number of thiazole rings is 1. The molecule has 1 saturated heterocycles. The molecule has 1 atom stereocenters. The summed E-state index contributed by atoms with van der Waals surface area (Å²) in [6.07, 6.45) is 2.10. The van der Waals surface area contributed by atoms with Crippen LogP contribution >= 0.6 is 11.3 Å². The van der Waals surface area contributed by atoms with Crippen LogP contribution in [0.3, 0.4) is 0 Å². The van der Waals surface area contributed by atoms with Crippen molar-refractivity contribution in [3.05, 3.63) is 82.1 Å². The number of likely N-dealkylation sites (tertiary alicyclic amines) is 1. The monoisotopic (exact) mass is 526 g/mol. The van der Waals surface area contributed by atoms with Crippen LogP contribution < -0.4 is 10.3 Å². The summed E-state index contributed by atoms with van der Waals surface area (Å²) in [7, 11) is 0. The number of piperidine rings is 1. The minimum atomic E-state index is -0.0594. The lowest BCUT2D eigenvalue weighted by Crippen LogP contribution is -2.40. The Morgan fingerprint density at radius 3 is 2.74 bits per heavy atom. The molecule has 0 saturated carbocycles. The highest BCUT2D eigenvalue weighted by atomic mass is 32.1. The minimum absolute atomic E-state index is 0.0594. The molecule has 0 aliphatic carbocycles. The van der Waals surface area contributed by atoms with E-state index in [4.69, 9.17) is 9.72 Å². The maximum Gasteiger partial charge on any atom is 0.261 e. The Morgan fingerprint density at radius 1 is 1.08 bits per heavy atom. The Kier molecular flexibility index (Phi) is 6.93. The topological polar surface area (TPSA) is 80.5 Å². The molecule has 0 amide bonds. The Hall–Kier alpha value is -3.59. The fourth-order valence-corrected chi connectivity index (χ4v) is 6.11. The van der Waals surface area contributed by atoms with Crippen molar-refractivity contribution in [3.63, 3.8) is 0 Å². The van der Waals surface area contributed by atoms with Crippen LogP contribution in [-0.2, 0) is 6.54 Å². The third-order valence-electron chi connectivity index (χ3n) is 7.31. The summed E-state index contributed by atoms with van der Waals surface area (Å²) < 4.78 is 9.06. The summed E-state index contributed by atoms with van der Waals surface area (Å²) in [5.74, 6) is 2.31. The van der Waals surface area contributed by atoms with Gasteiger partial charge in [-0.05, 0) is 68.1 Å². The molecule has 8 heteroatoms. The number of fused-ring (bicyclic) bond motifs is 2. The van der Waals surface area contributed by atoms with Crippen molar-refractivity contribution in [2.24, 2.45) is 5.92 Å². The van der Waals surface area contributed by atoms with Crippen LogP contribution in [0.5, 0.6) is 11.5 Å². The minimum Gasteiger partial charge on any atom is -0.457 e. The molecule has 1 fully saturated rings. The second-order valence-corrected chi connectivity index (χ2v) is 10.8. The number of benzene rings is 3. The Morgan fingerprint density at radius 2 is 1.89 bits per heavy atom. The first-order chi connectivity index (χ1) is 18.6. The molecule has 0 unspecified atom stereocenters. The molecule has 0 radical (unpaired) electrons. The lowest BCUT2D eigenvalue weighted by molar-refractivity contribution is 0.132. The van der Waals surface area contributed by atoms with Gasteiger partial charge in [-0.1, -0.05) is 24.3 Å². The van der Waals surface area contributed by atoms with Crippen LogP contribution in [0.15, 0.2) is 71.0 Å². The van der Waals surface area contributed by atoms with Crippen LogP contribution in [0.1, 0.15) is 18.4 Å². The van der Waals surface area contributed by atoms with Gasteiger partial charge in [0.25, 0.3) is 5.56 Å². The number of aliphatic hydroxyl groups is 1. The lowest BCUT2D eigenvalue weighted by atomic mass is 9.97. The fraction of sp³-hybridized carbons (Fsp3) is 0.300. The van der Waals surface area contributed by atoms with Gasteiger partial charge in [0.15, 0.2) is 0 Å². The maximum atomic E-state index is 14.1. The molecular weight excluding hydrogens is 496 g/mol. The van der Waals surface area contributed by atoms with E-state index in [0.29, 0.717) is 47.2 Å². The van der Waals surface area contributed by atoms with Crippen molar-refractivity contribution < 1.29 is 9.84 Å². The fourth-order valence-electron chi connectivity index (χ4n) is 5.40. The average molecular weight is 527 g/mol. The van der Waals surface area contributed by atoms with E-state index in [2.05, 4.69) is 22.9 Å². The number of hydrogen-bond acceptors (Lipinski definition) is 7. The zero-order valence-electron chi connectivity index (χ0n) is 21.3. The summed E-state index contributed by atoms with van der Waals surface area (Å²) in [4.78, 5) is 25.7. The number of nitrogens with zero attached hydrogens (tertiary/aromatic N) is 4. The largest absolute Gasteiger partial charge is 0.457 e. The van der Waals surface area contributed by atoms with Crippen LogP contribution in [-0.4, -0.2) is 50.8 Å². The van der Waals surface area contributed by atoms with Gasteiger partial charge < -0.3 is 14.7 Å². The number of hydrogen-bond donors (Lipinski definition) is 1. The molecule has 6 rings (SSSR count). The Labute approximate surface area is 225 Å². The third-order valence-corrected chi connectivity index (χ3v) is 8.10. The number of aryl methyl sites for hydroxylation is 1. The molecule has 1 aliphatic heterocycles. The van der Waals surface area contributed by atoms with Crippen LogP contribution in [0.4, 0.5) is 0 Å². The molecule has 38 heavy (non-hydrogen) atoms. The van der Waals surface area contributed by atoms with Crippen LogP contribution in [0.2, 0.25) is 0 Å². The molecule has 1 aliphatic rings. The predicted molar refractivity (Wildman–Crippen MR) is 152 cm³/mol. The average Bonchev–Trinajstić information content (AvgIpc) is 3.39. The molecule has 1 N–H and O–H groups in total. The molecule has 7 nitrogen and oxygen atoms in total. The lowest BCUT2D eigenvalue weighted by Gasteiger charge is -2.33. The van der Waals surface area contributed by atoms with Crippen LogP contribution in [0.25, 0.3) is 32.5 Å². The van der Waals surface area contributed by atoms with Gasteiger partial charge in [-0.25, -0.2) is 9.97 Å². The summed E-state index contributed by atoms with van der Waals surface area (Å²) in [6, 6.07) is 19.4. The number of rotatable bonds is 7. The van der Waals surface area contributed by atoms with Crippen molar-refractivity contribution >= 4 is 32.5 Å². The first-order valence-electron chi connectivity index (χ1n) is 13.0. The van der Waals surface area contributed by atoms with Gasteiger partial charge in [-0.15, -0.1) is 11.3 Å². The first-order valence-corrected chi connectivity index (χ1v) is 13.9. The van der Waals surface area contributed by atoms with Crippen molar-refractivity contribution in [3.8, 4) is 22.9 Å². The smallest absolute Gasteiger partial charge is 0.261 e. The van der Waals surface area contributed by atoms with Gasteiger partial charge in [0.2, 0.25) is 0 Å². The van der Waals surface area contributed by atoms with Crippen molar-refractivity contribution in [2.45, 2.75) is 26.3 Å². The number of β-amino-alcohol motifs (C(OH)–C–C–N with tert-alkyl or cyclic N) is 1. The van der Waals surface area contributed by atoms with E-state index in [-0.39, 0.29) is 12.2 Å². The molecule has 0 spiro atoms. The number of aliphatic hydroxyl groups excluding tert-OH is 1. The molecule has 0 bridgehead atoms. The zero-order valence-corrected chi connectivity index (χ0v) is 22.2. The van der Waals surface area contributed by atoms with Gasteiger partial charge in [0, 0.05) is 31.3 Å². The standard InChI is InChI=1S/C30H30N4O3S/c1-20-5-2-3-7-24(20)29-32-26-10-8-22(37-23-9-11-27-28(16-23)38-19-31-27)15-25(26)30(36)34(29)18-21-6-4-12-33(17-21)13-14-35/h2-3,5,7-11,15-16,19,21,35H,4,6,12-14,17-18H2,1H3/t21-/m0/s1.